The van der Waals surface area contributed by atoms with Crippen molar-refractivity contribution in [1.82, 2.24) is 5.32 Å². The third kappa shape index (κ3) is 5.58. The SMILES string of the molecule is [C-]#[N+]c1ccc(CNC(=O)CCc2ccc(OCC#C)c(OC)c2)cc1. The van der Waals surface area contributed by atoms with Crippen LogP contribution in [0.1, 0.15) is 17.5 Å². The summed E-state index contributed by atoms with van der Waals surface area (Å²) in [6.45, 7) is 7.55. The molecule has 0 atom stereocenters. The van der Waals surface area contributed by atoms with E-state index in [4.69, 9.17) is 22.5 Å². The average Bonchev–Trinajstić information content (AvgIpc) is 2.69. The van der Waals surface area contributed by atoms with E-state index in [-0.39, 0.29) is 12.5 Å². The summed E-state index contributed by atoms with van der Waals surface area (Å²) in [5.74, 6) is 3.55. The highest BCUT2D eigenvalue weighted by Gasteiger charge is 2.08. The van der Waals surface area contributed by atoms with Gasteiger partial charge in [-0.25, -0.2) is 4.85 Å². The van der Waals surface area contributed by atoms with Gasteiger partial charge in [0, 0.05) is 13.0 Å². The Hall–Kier alpha value is -3.44. The fraction of sp³-hybridized carbons (Fsp3) is 0.238. The Balaban J connectivity index is 1.84. The summed E-state index contributed by atoms with van der Waals surface area (Å²) in [5.41, 5.74) is 2.53. The summed E-state index contributed by atoms with van der Waals surface area (Å²) in [7, 11) is 1.56. The number of hydrogen-bond acceptors (Lipinski definition) is 3. The predicted molar refractivity (Wildman–Crippen MR) is 100 cm³/mol. The first-order valence-corrected chi connectivity index (χ1v) is 8.12. The van der Waals surface area contributed by atoms with Crippen molar-refractivity contribution < 1.29 is 14.3 Å². The van der Waals surface area contributed by atoms with Gasteiger partial charge < -0.3 is 14.8 Å². The summed E-state index contributed by atoms with van der Waals surface area (Å²) in [6.07, 6.45) is 6.15. The van der Waals surface area contributed by atoms with Crippen LogP contribution in [-0.4, -0.2) is 19.6 Å². The number of nitrogens with one attached hydrogen (secondary N) is 1. The summed E-state index contributed by atoms with van der Waals surface area (Å²) < 4.78 is 10.7. The number of rotatable bonds is 8. The third-order valence-corrected chi connectivity index (χ3v) is 3.73. The maximum Gasteiger partial charge on any atom is 0.220 e. The Bertz CT molecular complexity index is 830. The Labute approximate surface area is 153 Å². The lowest BCUT2D eigenvalue weighted by Gasteiger charge is -2.11. The molecule has 5 heteroatoms. The zero-order chi connectivity index (χ0) is 18.8. The van der Waals surface area contributed by atoms with Gasteiger partial charge in [-0.15, -0.1) is 6.42 Å². The second-order valence-electron chi connectivity index (χ2n) is 5.53. The maximum absolute atomic E-state index is 12.0. The van der Waals surface area contributed by atoms with Gasteiger partial charge in [0.15, 0.2) is 17.2 Å². The molecule has 26 heavy (non-hydrogen) atoms. The summed E-state index contributed by atoms with van der Waals surface area (Å²) >= 11 is 0. The summed E-state index contributed by atoms with van der Waals surface area (Å²) in [5, 5.41) is 2.88. The number of carbonyl (C=O) groups is 1. The predicted octanol–water partition coefficient (Wildman–Crippen LogP) is 3.51. The van der Waals surface area contributed by atoms with Crippen LogP contribution in [0.5, 0.6) is 11.5 Å². The Morgan fingerprint density at radius 1 is 1.19 bits per heavy atom. The molecule has 0 unspecified atom stereocenters. The van der Waals surface area contributed by atoms with Gasteiger partial charge >= 0.3 is 0 Å². The van der Waals surface area contributed by atoms with Crippen molar-refractivity contribution in [3.8, 4) is 23.8 Å². The minimum absolute atomic E-state index is 0.0362. The Morgan fingerprint density at radius 2 is 1.92 bits per heavy atom. The molecule has 2 aromatic rings. The number of aryl methyl sites for hydroxylation is 1. The van der Waals surface area contributed by atoms with Gasteiger partial charge in [-0.2, -0.15) is 0 Å². The van der Waals surface area contributed by atoms with Gasteiger partial charge in [-0.3, -0.25) is 4.79 Å². The lowest BCUT2D eigenvalue weighted by molar-refractivity contribution is -0.121. The molecule has 1 N–H and O–H groups in total. The van der Waals surface area contributed by atoms with E-state index < -0.39 is 0 Å². The Morgan fingerprint density at radius 3 is 2.58 bits per heavy atom. The molecule has 2 rings (SSSR count). The van der Waals surface area contributed by atoms with Crippen LogP contribution in [-0.2, 0) is 17.8 Å². The van der Waals surface area contributed by atoms with Crippen LogP contribution >= 0.6 is 0 Å². The number of terminal acetylenes is 1. The second kappa shape index (κ2) is 9.76. The van der Waals surface area contributed by atoms with Crippen molar-refractivity contribution in [1.29, 1.82) is 0 Å². The van der Waals surface area contributed by atoms with Gasteiger partial charge in [-0.1, -0.05) is 36.3 Å². The van der Waals surface area contributed by atoms with Gasteiger partial charge in [-0.05, 0) is 29.7 Å². The van der Waals surface area contributed by atoms with Gasteiger partial charge in [0.1, 0.15) is 6.61 Å². The Kier molecular flexibility index (Phi) is 7.09. The fourth-order valence-corrected chi connectivity index (χ4v) is 2.34. The fourth-order valence-electron chi connectivity index (χ4n) is 2.34. The van der Waals surface area contributed by atoms with Crippen LogP contribution < -0.4 is 14.8 Å². The molecule has 0 aliphatic rings. The van der Waals surface area contributed by atoms with Crippen LogP contribution in [0, 0.1) is 18.9 Å². The molecule has 0 fully saturated rings. The number of nitrogens with zero attached hydrogens (tertiary/aromatic N) is 1. The van der Waals surface area contributed by atoms with Crippen molar-refractivity contribution >= 4 is 11.6 Å². The highest BCUT2D eigenvalue weighted by Crippen LogP contribution is 2.28. The van der Waals surface area contributed by atoms with Gasteiger partial charge in [0.25, 0.3) is 0 Å². The van der Waals surface area contributed by atoms with E-state index >= 15 is 0 Å². The normalized spacial score (nSPS) is 9.65. The zero-order valence-corrected chi connectivity index (χ0v) is 14.6. The lowest BCUT2D eigenvalue weighted by Crippen LogP contribution is -2.22. The topological polar surface area (TPSA) is 51.9 Å². The molecule has 0 aliphatic heterocycles. The van der Waals surface area contributed by atoms with E-state index in [9.17, 15) is 4.79 Å². The highest BCUT2D eigenvalue weighted by molar-refractivity contribution is 5.76. The van der Waals surface area contributed by atoms with Crippen LogP contribution in [0.2, 0.25) is 0 Å². The first kappa shape index (κ1) is 18.9. The minimum Gasteiger partial charge on any atom is -0.493 e. The van der Waals surface area contributed by atoms with Crippen molar-refractivity contribution in [3.63, 3.8) is 0 Å². The van der Waals surface area contributed by atoms with Crippen LogP contribution in [0.15, 0.2) is 42.5 Å². The van der Waals surface area contributed by atoms with Crippen LogP contribution in [0.4, 0.5) is 5.69 Å². The average molecular weight is 348 g/mol. The van der Waals surface area contributed by atoms with E-state index in [0.29, 0.717) is 36.6 Å². The molecule has 0 saturated carbocycles. The molecule has 0 saturated heterocycles. The van der Waals surface area contributed by atoms with Crippen LogP contribution in [0.25, 0.3) is 4.85 Å². The number of methoxy groups -OCH3 is 1. The molecule has 5 nitrogen and oxygen atoms in total. The van der Waals surface area contributed by atoms with Crippen molar-refractivity contribution in [3.05, 3.63) is 65.0 Å². The van der Waals surface area contributed by atoms with Crippen molar-refractivity contribution in [2.45, 2.75) is 19.4 Å². The third-order valence-electron chi connectivity index (χ3n) is 3.73. The maximum atomic E-state index is 12.0. The molecule has 2 aromatic carbocycles. The molecule has 0 bridgehead atoms. The molecule has 1 amide bonds. The second-order valence-corrected chi connectivity index (χ2v) is 5.53. The number of benzene rings is 2. The lowest BCUT2D eigenvalue weighted by atomic mass is 10.1. The van der Waals surface area contributed by atoms with Crippen molar-refractivity contribution in [2.75, 3.05) is 13.7 Å². The van der Waals surface area contributed by atoms with Gasteiger partial charge in [0.2, 0.25) is 5.91 Å². The zero-order valence-electron chi connectivity index (χ0n) is 14.6. The monoisotopic (exact) mass is 348 g/mol. The van der Waals surface area contributed by atoms with E-state index in [2.05, 4.69) is 16.1 Å². The van der Waals surface area contributed by atoms with E-state index in [0.717, 1.165) is 11.1 Å². The highest BCUT2D eigenvalue weighted by atomic mass is 16.5. The summed E-state index contributed by atoms with van der Waals surface area (Å²) in [6, 6.07) is 12.7. The van der Waals surface area contributed by atoms with E-state index in [1.165, 1.54) is 0 Å². The molecule has 0 aromatic heterocycles. The standard InChI is InChI=1S/C21H20N2O3/c1-4-13-26-19-11-7-16(14-20(19)25-3)8-12-21(24)23-15-17-5-9-18(22-2)10-6-17/h1,5-7,9-11,14H,8,12-13,15H2,3H3,(H,23,24). The molecular weight excluding hydrogens is 328 g/mol. The molecule has 0 spiro atoms. The first-order chi connectivity index (χ1) is 12.7. The van der Waals surface area contributed by atoms with E-state index in [1.54, 1.807) is 25.3 Å². The number of carbonyl (C=O) groups excluding carboxylic acids is 1. The largest absolute Gasteiger partial charge is 0.493 e. The molecule has 0 heterocycles. The number of amides is 1. The smallest absolute Gasteiger partial charge is 0.220 e. The molecular formula is C21H20N2O3. The molecule has 0 radical (unpaired) electrons. The quantitative estimate of drug-likeness (QED) is 0.587. The summed E-state index contributed by atoms with van der Waals surface area (Å²) in [4.78, 5) is 15.4. The number of hydrogen-bond donors (Lipinski definition) is 1. The van der Waals surface area contributed by atoms with Crippen LogP contribution in [0.3, 0.4) is 0 Å². The van der Waals surface area contributed by atoms with Crippen molar-refractivity contribution in [2.24, 2.45) is 0 Å². The van der Waals surface area contributed by atoms with E-state index in [1.807, 2.05) is 24.3 Å². The first-order valence-electron chi connectivity index (χ1n) is 8.12. The number of ether oxygens (including phenoxy) is 2. The molecule has 0 aliphatic carbocycles. The van der Waals surface area contributed by atoms with Gasteiger partial charge in [0.05, 0.1) is 13.7 Å². The minimum atomic E-state index is -0.0362. The molecule has 132 valence electrons.